The zero-order valence-corrected chi connectivity index (χ0v) is 15.7. The van der Waals surface area contributed by atoms with Crippen molar-refractivity contribution in [2.45, 2.75) is 18.3 Å². The summed E-state index contributed by atoms with van der Waals surface area (Å²) in [4.78, 5) is 18.1. The molecule has 1 amide bonds. The van der Waals surface area contributed by atoms with Crippen LogP contribution in [0, 0.1) is 11.6 Å². The molecule has 0 saturated heterocycles. The lowest BCUT2D eigenvalue weighted by atomic mass is 10.1. The summed E-state index contributed by atoms with van der Waals surface area (Å²) in [7, 11) is 0. The summed E-state index contributed by atoms with van der Waals surface area (Å²) in [5.74, 6) is -1.43. The first-order valence-electron chi connectivity index (χ1n) is 8.29. The Hall–Kier alpha value is -3.07. The fraction of sp³-hybridized carbons (Fsp3) is 0.158. The van der Waals surface area contributed by atoms with Crippen LogP contribution in [0.2, 0.25) is 0 Å². The number of rotatable bonds is 2. The Labute approximate surface area is 163 Å². The van der Waals surface area contributed by atoms with Crippen molar-refractivity contribution in [2.75, 3.05) is 11.2 Å². The van der Waals surface area contributed by atoms with E-state index in [0.29, 0.717) is 10.8 Å². The number of benzene rings is 2. The third kappa shape index (κ3) is 3.07. The summed E-state index contributed by atoms with van der Waals surface area (Å²) in [6.45, 7) is 1.33. The molecule has 0 aliphatic carbocycles. The van der Waals surface area contributed by atoms with E-state index in [2.05, 4.69) is 15.2 Å². The molecule has 0 radical (unpaired) electrons. The molecule has 1 atom stereocenters. The first kappa shape index (κ1) is 18.3. The molecule has 1 aromatic heterocycles. The van der Waals surface area contributed by atoms with E-state index in [1.807, 2.05) is 0 Å². The molecule has 3 aromatic rings. The third-order valence-corrected chi connectivity index (χ3v) is 4.80. The van der Waals surface area contributed by atoms with Gasteiger partial charge in [0.15, 0.2) is 5.69 Å². The number of nitrogens with zero attached hydrogens (tertiary/aromatic N) is 4. The highest BCUT2D eigenvalue weighted by Crippen LogP contribution is 2.43. The number of hydrogen-bond donors (Lipinski definition) is 0. The number of aromatic nitrogens is 3. The topological polar surface area (TPSA) is 68.2 Å². The molecule has 6 nitrogen and oxygen atoms in total. The molecule has 0 spiro atoms. The lowest BCUT2D eigenvalue weighted by Gasteiger charge is -2.30. The van der Waals surface area contributed by atoms with Gasteiger partial charge in [0.05, 0.1) is 5.69 Å². The van der Waals surface area contributed by atoms with Gasteiger partial charge in [0.25, 0.3) is 0 Å². The molecule has 0 saturated carbocycles. The summed E-state index contributed by atoms with van der Waals surface area (Å²) in [6.07, 6.45) is 0.625. The van der Waals surface area contributed by atoms with Crippen molar-refractivity contribution in [3.05, 3.63) is 59.7 Å². The molecule has 2 heterocycles. The molecule has 28 heavy (non-hydrogen) atoms. The Balaban J connectivity index is 2.02. The average Bonchev–Trinajstić information content (AvgIpc) is 2.82. The van der Waals surface area contributed by atoms with E-state index in [0.717, 1.165) is 0 Å². The molecule has 1 aliphatic heterocycles. The number of amides is 1. The molecular weight excluding hydrogens is 386 g/mol. The fourth-order valence-corrected chi connectivity index (χ4v) is 3.34. The predicted molar refractivity (Wildman–Crippen MR) is 99.9 cm³/mol. The highest BCUT2D eigenvalue weighted by atomic mass is 32.2. The molecule has 4 rings (SSSR count). The van der Waals surface area contributed by atoms with Crippen LogP contribution in [0.25, 0.3) is 11.3 Å². The maximum absolute atomic E-state index is 14.6. The van der Waals surface area contributed by atoms with Crippen molar-refractivity contribution in [3.8, 4) is 17.1 Å². The van der Waals surface area contributed by atoms with Gasteiger partial charge >= 0.3 is 0 Å². The first-order chi connectivity index (χ1) is 13.5. The minimum atomic E-state index is -1.14. The van der Waals surface area contributed by atoms with Gasteiger partial charge in [0.1, 0.15) is 11.6 Å². The van der Waals surface area contributed by atoms with Crippen LogP contribution in [-0.4, -0.2) is 27.3 Å². The van der Waals surface area contributed by atoms with E-state index in [1.165, 1.54) is 53.9 Å². The zero-order chi connectivity index (χ0) is 19.8. The van der Waals surface area contributed by atoms with Gasteiger partial charge in [-0.2, -0.15) is 4.98 Å². The first-order valence-corrected chi connectivity index (χ1v) is 9.51. The Morgan fingerprint density at radius 2 is 1.96 bits per heavy atom. The van der Waals surface area contributed by atoms with E-state index < -0.39 is 23.8 Å². The molecule has 0 fully saturated rings. The molecule has 0 bridgehead atoms. The smallest absolute Gasteiger partial charge is 0.247 e. The molecule has 0 N–H and O–H groups in total. The maximum atomic E-state index is 14.6. The van der Waals surface area contributed by atoms with E-state index in [4.69, 9.17) is 4.74 Å². The normalized spacial score (nSPS) is 15.3. The summed E-state index contributed by atoms with van der Waals surface area (Å²) in [6, 6.07) is 9.86. The predicted octanol–water partition coefficient (Wildman–Crippen LogP) is 3.98. The van der Waals surface area contributed by atoms with Crippen molar-refractivity contribution in [1.29, 1.82) is 0 Å². The summed E-state index contributed by atoms with van der Waals surface area (Å²) >= 11 is 1.25. The quantitative estimate of drug-likeness (QED) is 0.606. The van der Waals surface area contributed by atoms with Gasteiger partial charge in [-0.3, -0.25) is 9.69 Å². The number of anilines is 1. The number of thioether (sulfide) groups is 1. The lowest BCUT2D eigenvalue weighted by Crippen LogP contribution is -2.36. The van der Waals surface area contributed by atoms with Crippen LogP contribution in [0.15, 0.2) is 47.6 Å². The fourth-order valence-electron chi connectivity index (χ4n) is 3.04. The van der Waals surface area contributed by atoms with Gasteiger partial charge in [-0.1, -0.05) is 30.0 Å². The second-order valence-corrected chi connectivity index (χ2v) is 6.77. The third-order valence-electron chi connectivity index (χ3n) is 4.26. The van der Waals surface area contributed by atoms with Crippen LogP contribution in [0.5, 0.6) is 5.88 Å². The van der Waals surface area contributed by atoms with E-state index in [-0.39, 0.29) is 22.7 Å². The average molecular weight is 400 g/mol. The van der Waals surface area contributed by atoms with Crippen LogP contribution < -0.4 is 9.64 Å². The van der Waals surface area contributed by atoms with Crippen molar-refractivity contribution in [2.24, 2.45) is 0 Å². The van der Waals surface area contributed by atoms with Crippen LogP contribution in [0.1, 0.15) is 18.7 Å². The summed E-state index contributed by atoms with van der Waals surface area (Å²) in [5.41, 5.74) is 0.938. The lowest BCUT2D eigenvalue weighted by molar-refractivity contribution is -0.118. The summed E-state index contributed by atoms with van der Waals surface area (Å²) < 4.78 is 34.6. The van der Waals surface area contributed by atoms with Crippen LogP contribution in [0.4, 0.5) is 14.5 Å². The van der Waals surface area contributed by atoms with Gasteiger partial charge in [-0.15, -0.1) is 10.2 Å². The molecule has 142 valence electrons. The standard InChI is InChI=1S/C19H14F2N4O2S/c1-10(26)25-15-8-7-11(20)9-13(15)16-17(22-19(28-2)24-23-16)27-18(25)12-5-3-4-6-14(12)21/h3-9,18H,1-2H3. The van der Waals surface area contributed by atoms with E-state index in [1.54, 1.807) is 18.4 Å². The van der Waals surface area contributed by atoms with Crippen LogP contribution >= 0.6 is 11.8 Å². The van der Waals surface area contributed by atoms with Crippen molar-refractivity contribution in [1.82, 2.24) is 15.2 Å². The van der Waals surface area contributed by atoms with Crippen LogP contribution in [-0.2, 0) is 4.79 Å². The number of carbonyl (C=O) groups excluding carboxylic acids is 1. The van der Waals surface area contributed by atoms with E-state index >= 15 is 0 Å². The number of fused-ring (bicyclic) bond motifs is 3. The van der Waals surface area contributed by atoms with Gasteiger partial charge in [0, 0.05) is 18.1 Å². The number of halogens is 2. The Morgan fingerprint density at radius 3 is 2.68 bits per heavy atom. The van der Waals surface area contributed by atoms with E-state index in [9.17, 15) is 13.6 Å². The molecule has 2 aromatic carbocycles. The van der Waals surface area contributed by atoms with Crippen molar-refractivity contribution >= 4 is 23.4 Å². The minimum absolute atomic E-state index is 0.0446. The van der Waals surface area contributed by atoms with Gasteiger partial charge in [0.2, 0.25) is 23.2 Å². The largest absolute Gasteiger partial charge is 0.447 e. The molecular formula is C19H14F2N4O2S. The highest BCUT2D eigenvalue weighted by Gasteiger charge is 2.36. The monoisotopic (exact) mass is 400 g/mol. The van der Waals surface area contributed by atoms with Gasteiger partial charge in [-0.25, -0.2) is 8.78 Å². The number of carbonyl (C=O) groups is 1. The molecule has 1 aliphatic rings. The maximum Gasteiger partial charge on any atom is 0.247 e. The Kier molecular flexibility index (Phi) is 4.68. The van der Waals surface area contributed by atoms with Crippen molar-refractivity contribution < 1.29 is 18.3 Å². The number of hydrogen-bond acceptors (Lipinski definition) is 6. The molecule has 1 unspecified atom stereocenters. The highest BCUT2D eigenvalue weighted by molar-refractivity contribution is 7.98. The van der Waals surface area contributed by atoms with Gasteiger partial charge in [-0.05, 0) is 30.5 Å². The zero-order valence-electron chi connectivity index (χ0n) is 14.9. The minimum Gasteiger partial charge on any atom is -0.447 e. The SMILES string of the molecule is CSc1nnc2c(n1)OC(c1ccccc1F)N(C(C)=O)c1ccc(F)cc1-2. The van der Waals surface area contributed by atoms with Crippen LogP contribution in [0.3, 0.4) is 0 Å². The second-order valence-electron chi connectivity index (χ2n) is 5.99. The van der Waals surface area contributed by atoms with Crippen molar-refractivity contribution in [3.63, 3.8) is 0 Å². The second kappa shape index (κ2) is 7.16. The van der Waals surface area contributed by atoms with Gasteiger partial charge < -0.3 is 4.74 Å². The Bertz CT molecular complexity index is 1080. The Morgan fingerprint density at radius 1 is 1.18 bits per heavy atom. The number of ether oxygens (including phenoxy) is 1. The summed E-state index contributed by atoms with van der Waals surface area (Å²) in [5, 5.41) is 8.44. The molecule has 9 heteroatoms.